The van der Waals surface area contributed by atoms with Crippen molar-refractivity contribution in [1.82, 2.24) is 0 Å². The Kier molecular flexibility index (Phi) is 3.94. The number of halogens is 1. The number of nitrogens with one attached hydrogen (secondary N) is 1. The summed E-state index contributed by atoms with van der Waals surface area (Å²) in [5, 5.41) is 3.44. The minimum atomic E-state index is 0.494. The van der Waals surface area contributed by atoms with Crippen molar-refractivity contribution in [1.29, 1.82) is 0 Å². The highest BCUT2D eigenvalue weighted by Crippen LogP contribution is 2.30. The van der Waals surface area contributed by atoms with Gasteiger partial charge in [-0.3, -0.25) is 0 Å². The van der Waals surface area contributed by atoms with Crippen LogP contribution in [0.4, 0.5) is 5.69 Å². The zero-order chi connectivity index (χ0) is 11.4. The fraction of sp³-hybridized carbons (Fsp3) is 0.538. The summed E-state index contributed by atoms with van der Waals surface area (Å²) in [7, 11) is 0. The standard InChI is InChI=1S/C13H18ClNO/c1-2-16-13-6-5-12(7-11(13)8-14)15-9-10-3-4-10/h5-7,10,15H,2-4,8-9H2,1H3. The first kappa shape index (κ1) is 11.6. The first-order valence-corrected chi connectivity index (χ1v) is 6.42. The van der Waals surface area contributed by atoms with Crippen molar-refractivity contribution in [2.45, 2.75) is 25.6 Å². The predicted octanol–water partition coefficient (Wildman–Crippen LogP) is 3.65. The molecule has 0 saturated heterocycles. The summed E-state index contributed by atoms with van der Waals surface area (Å²) in [5.41, 5.74) is 2.20. The van der Waals surface area contributed by atoms with Gasteiger partial charge in [0.15, 0.2) is 0 Å². The van der Waals surface area contributed by atoms with Gasteiger partial charge >= 0.3 is 0 Å². The van der Waals surface area contributed by atoms with E-state index in [1.165, 1.54) is 12.8 Å². The van der Waals surface area contributed by atoms with Crippen LogP contribution in [0.1, 0.15) is 25.3 Å². The van der Waals surface area contributed by atoms with E-state index in [2.05, 4.69) is 17.4 Å². The molecule has 16 heavy (non-hydrogen) atoms. The Morgan fingerprint density at radius 1 is 1.44 bits per heavy atom. The molecule has 0 radical (unpaired) electrons. The van der Waals surface area contributed by atoms with E-state index in [0.717, 1.165) is 29.5 Å². The molecule has 1 fully saturated rings. The van der Waals surface area contributed by atoms with Gasteiger partial charge < -0.3 is 10.1 Å². The van der Waals surface area contributed by atoms with Gasteiger partial charge in [0.25, 0.3) is 0 Å². The van der Waals surface area contributed by atoms with Gasteiger partial charge in [-0.15, -0.1) is 11.6 Å². The van der Waals surface area contributed by atoms with Gasteiger partial charge in [-0.2, -0.15) is 0 Å². The average Bonchev–Trinajstić information content (AvgIpc) is 3.12. The Hall–Kier alpha value is -0.890. The molecule has 1 aromatic carbocycles. The van der Waals surface area contributed by atoms with E-state index in [0.29, 0.717) is 12.5 Å². The third kappa shape index (κ3) is 3.05. The second-order valence-electron chi connectivity index (χ2n) is 4.21. The monoisotopic (exact) mass is 239 g/mol. The number of benzene rings is 1. The Morgan fingerprint density at radius 3 is 2.88 bits per heavy atom. The fourth-order valence-corrected chi connectivity index (χ4v) is 1.88. The van der Waals surface area contributed by atoms with Crippen LogP contribution < -0.4 is 10.1 Å². The normalized spacial score (nSPS) is 14.9. The van der Waals surface area contributed by atoms with E-state index >= 15 is 0 Å². The molecule has 3 heteroatoms. The molecule has 0 heterocycles. The Labute approximate surface area is 102 Å². The maximum Gasteiger partial charge on any atom is 0.123 e. The maximum absolute atomic E-state index is 5.91. The zero-order valence-electron chi connectivity index (χ0n) is 9.63. The molecule has 0 amide bonds. The van der Waals surface area contributed by atoms with Crippen LogP contribution in [-0.4, -0.2) is 13.2 Å². The highest BCUT2D eigenvalue weighted by atomic mass is 35.5. The van der Waals surface area contributed by atoms with Crippen molar-refractivity contribution < 1.29 is 4.74 Å². The Bertz CT molecular complexity index is 350. The number of ether oxygens (including phenoxy) is 1. The number of hydrogen-bond acceptors (Lipinski definition) is 2. The van der Waals surface area contributed by atoms with Gasteiger partial charge in [0.05, 0.1) is 12.5 Å². The largest absolute Gasteiger partial charge is 0.494 e. The van der Waals surface area contributed by atoms with Crippen molar-refractivity contribution in [3.63, 3.8) is 0 Å². The molecule has 1 aliphatic rings. The van der Waals surface area contributed by atoms with Crippen LogP contribution in [0.2, 0.25) is 0 Å². The molecule has 88 valence electrons. The summed E-state index contributed by atoms with van der Waals surface area (Å²) in [5.74, 6) is 2.27. The lowest BCUT2D eigenvalue weighted by Crippen LogP contribution is -2.04. The predicted molar refractivity (Wildman–Crippen MR) is 68.4 cm³/mol. The van der Waals surface area contributed by atoms with Crippen LogP contribution in [0.25, 0.3) is 0 Å². The number of alkyl halides is 1. The Balaban J connectivity index is 2.02. The van der Waals surface area contributed by atoms with E-state index in [9.17, 15) is 0 Å². The number of hydrogen-bond donors (Lipinski definition) is 1. The van der Waals surface area contributed by atoms with E-state index < -0.39 is 0 Å². The van der Waals surface area contributed by atoms with Gasteiger partial charge in [0, 0.05) is 17.8 Å². The zero-order valence-corrected chi connectivity index (χ0v) is 10.4. The highest BCUT2D eigenvalue weighted by molar-refractivity contribution is 6.17. The third-order valence-electron chi connectivity index (χ3n) is 2.80. The first-order chi connectivity index (χ1) is 7.83. The summed E-state index contributed by atoms with van der Waals surface area (Å²) in [6.45, 7) is 3.74. The molecule has 0 aromatic heterocycles. The minimum absolute atomic E-state index is 0.494. The van der Waals surface area contributed by atoms with E-state index in [4.69, 9.17) is 16.3 Å². The van der Waals surface area contributed by atoms with E-state index in [1.807, 2.05) is 13.0 Å². The number of rotatable bonds is 6. The van der Waals surface area contributed by atoms with Crippen LogP contribution in [0.3, 0.4) is 0 Å². The molecule has 0 aliphatic heterocycles. The molecule has 2 rings (SSSR count). The minimum Gasteiger partial charge on any atom is -0.494 e. The quantitative estimate of drug-likeness (QED) is 0.766. The van der Waals surface area contributed by atoms with Crippen LogP contribution in [0, 0.1) is 5.92 Å². The summed E-state index contributed by atoms with van der Waals surface area (Å²) in [4.78, 5) is 0. The van der Waals surface area contributed by atoms with Crippen LogP contribution in [-0.2, 0) is 5.88 Å². The second-order valence-corrected chi connectivity index (χ2v) is 4.48. The second kappa shape index (κ2) is 5.44. The molecule has 0 unspecified atom stereocenters. The first-order valence-electron chi connectivity index (χ1n) is 5.89. The molecule has 1 aromatic rings. The molecule has 0 atom stereocenters. The average molecular weight is 240 g/mol. The summed E-state index contributed by atoms with van der Waals surface area (Å²) >= 11 is 5.91. The molecule has 0 spiro atoms. The third-order valence-corrected chi connectivity index (χ3v) is 3.08. The SMILES string of the molecule is CCOc1ccc(NCC2CC2)cc1CCl. The van der Waals surface area contributed by atoms with Crippen LogP contribution >= 0.6 is 11.6 Å². The molecule has 0 bridgehead atoms. The van der Waals surface area contributed by atoms with Crippen molar-refractivity contribution in [3.05, 3.63) is 23.8 Å². The molecule has 1 aliphatic carbocycles. The van der Waals surface area contributed by atoms with Crippen molar-refractivity contribution in [2.24, 2.45) is 5.92 Å². The topological polar surface area (TPSA) is 21.3 Å². The Morgan fingerprint density at radius 2 is 2.25 bits per heavy atom. The van der Waals surface area contributed by atoms with Crippen LogP contribution in [0.15, 0.2) is 18.2 Å². The molecular formula is C13H18ClNO. The lowest BCUT2D eigenvalue weighted by molar-refractivity contribution is 0.337. The van der Waals surface area contributed by atoms with Gasteiger partial charge in [-0.25, -0.2) is 0 Å². The van der Waals surface area contributed by atoms with Gasteiger partial charge in [0.1, 0.15) is 5.75 Å². The molecule has 1 saturated carbocycles. The summed E-state index contributed by atoms with van der Waals surface area (Å²) in [6, 6.07) is 6.14. The molecular weight excluding hydrogens is 222 g/mol. The fourth-order valence-electron chi connectivity index (χ4n) is 1.67. The summed E-state index contributed by atoms with van der Waals surface area (Å²) in [6.07, 6.45) is 2.73. The molecule has 2 nitrogen and oxygen atoms in total. The van der Waals surface area contributed by atoms with Crippen molar-refractivity contribution >= 4 is 17.3 Å². The van der Waals surface area contributed by atoms with Gasteiger partial charge in [-0.1, -0.05) is 0 Å². The van der Waals surface area contributed by atoms with Gasteiger partial charge in [0.2, 0.25) is 0 Å². The molecule has 1 N–H and O–H groups in total. The van der Waals surface area contributed by atoms with Crippen LogP contribution in [0.5, 0.6) is 5.75 Å². The summed E-state index contributed by atoms with van der Waals surface area (Å²) < 4.78 is 5.51. The van der Waals surface area contributed by atoms with E-state index in [1.54, 1.807) is 0 Å². The number of anilines is 1. The smallest absolute Gasteiger partial charge is 0.123 e. The van der Waals surface area contributed by atoms with Crippen molar-refractivity contribution in [2.75, 3.05) is 18.5 Å². The highest BCUT2D eigenvalue weighted by Gasteiger charge is 2.20. The van der Waals surface area contributed by atoms with Crippen molar-refractivity contribution in [3.8, 4) is 5.75 Å². The van der Waals surface area contributed by atoms with Gasteiger partial charge in [-0.05, 0) is 43.9 Å². The lowest BCUT2D eigenvalue weighted by atomic mass is 10.2. The van der Waals surface area contributed by atoms with E-state index in [-0.39, 0.29) is 0 Å². The lowest BCUT2D eigenvalue weighted by Gasteiger charge is -2.11. The maximum atomic E-state index is 5.91.